The van der Waals surface area contributed by atoms with Crippen LogP contribution in [0.25, 0.3) is 23.3 Å². The molecule has 184 valence electrons. The van der Waals surface area contributed by atoms with Crippen LogP contribution in [0.3, 0.4) is 0 Å². The number of nitrogens with one attached hydrogen (secondary N) is 4. The van der Waals surface area contributed by atoms with E-state index in [1.54, 1.807) is 0 Å². The molecule has 1 aliphatic rings. The van der Waals surface area contributed by atoms with Crippen LogP contribution in [0, 0.1) is 0 Å². The third-order valence-electron chi connectivity index (χ3n) is 7.07. The quantitative estimate of drug-likeness (QED) is 0.259. The molecule has 0 amide bonds. The fourth-order valence-corrected chi connectivity index (χ4v) is 5.15. The molecule has 0 spiro atoms. The third kappa shape index (κ3) is 4.02. The van der Waals surface area contributed by atoms with Gasteiger partial charge in [-0.25, -0.2) is 9.13 Å². The molecular formula is C32H28N6+2. The molecule has 0 aliphatic carbocycles. The highest BCUT2D eigenvalue weighted by molar-refractivity contribution is 5.79. The van der Waals surface area contributed by atoms with Crippen LogP contribution < -0.4 is 30.5 Å². The van der Waals surface area contributed by atoms with E-state index in [1.807, 2.05) is 14.1 Å². The molecule has 7 heterocycles. The molecule has 38 heavy (non-hydrogen) atoms. The van der Waals surface area contributed by atoms with Crippen LogP contribution in [-0.4, -0.2) is 19.9 Å². The summed E-state index contributed by atoms with van der Waals surface area (Å²) in [4.78, 5) is 14.6. The van der Waals surface area contributed by atoms with Crippen molar-refractivity contribution in [2.45, 2.75) is 0 Å². The van der Waals surface area contributed by atoms with Crippen LogP contribution in [-0.2, 0) is 14.1 Å². The largest absolute Gasteiger partial charge is 0.355 e. The SMILES string of the molecule is C[n+]1ccc(C2=c3ccc([nH]3)=C(c3cc[n+](C)cc3)c3ccc([nH]3)C=c3ccc([nH]3)=Cc3ccc2[nH]3)cc1. The lowest BCUT2D eigenvalue weighted by Gasteiger charge is -2.06. The van der Waals surface area contributed by atoms with Crippen LogP contribution in [0.15, 0.2) is 97.6 Å². The number of fused-ring (bicyclic) bond motifs is 8. The van der Waals surface area contributed by atoms with Gasteiger partial charge in [-0.1, -0.05) is 0 Å². The van der Waals surface area contributed by atoms with Crippen molar-refractivity contribution in [1.29, 1.82) is 0 Å². The van der Waals surface area contributed by atoms with E-state index < -0.39 is 0 Å². The van der Waals surface area contributed by atoms with E-state index in [9.17, 15) is 0 Å². The normalized spacial score (nSPS) is 12.8. The van der Waals surface area contributed by atoms with Gasteiger partial charge in [-0.15, -0.1) is 0 Å². The van der Waals surface area contributed by atoms with Crippen molar-refractivity contribution >= 4 is 23.3 Å². The standard InChI is InChI=1S/C32H26N6/c1-37-15-11-21(12-16-37)31-27-7-5-25(34-27)19-23-3-4-24(33-23)20-26-6-8-28(35-26)32(30-10-9-29(31)36-30)22-13-17-38(2)18-14-22/h3-20,36H,1-2H3,(H,33,34,35)/p+2. The molecule has 6 nitrogen and oxygen atoms in total. The van der Waals surface area contributed by atoms with Crippen LogP contribution >= 0.6 is 0 Å². The summed E-state index contributed by atoms with van der Waals surface area (Å²) in [6.07, 6.45) is 12.6. The van der Waals surface area contributed by atoms with Crippen molar-refractivity contribution in [3.63, 3.8) is 0 Å². The average Bonchev–Trinajstić information content (AvgIpc) is 3.72. The Morgan fingerprint density at radius 3 is 1.34 bits per heavy atom. The van der Waals surface area contributed by atoms with Gasteiger partial charge in [-0.3, -0.25) is 0 Å². The number of nitrogens with zero attached hydrogens (tertiary/aromatic N) is 2. The van der Waals surface area contributed by atoms with E-state index >= 15 is 0 Å². The highest BCUT2D eigenvalue weighted by Gasteiger charge is 2.14. The smallest absolute Gasteiger partial charge is 0.169 e. The Morgan fingerprint density at radius 2 is 0.895 bits per heavy atom. The van der Waals surface area contributed by atoms with Gasteiger partial charge in [-0.05, 0) is 71.8 Å². The Labute approximate surface area is 219 Å². The highest BCUT2D eigenvalue weighted by Crippen LogP contribution is 2.21. The minimum absolute atomic E-state index is 1.04. The average molecular weight is 497 g/mol. The summed E-state index contributed by atoms with van der Waals surface area (Å²) < 4.78 is 4.11. The Morgan fingerprint density at radius 1 is 0.447 bits per heavy atom. The lowest BCUT2D eigenvalue weighted by atomic mass is 10.0. The Hall–Kier alpha value is -5.10. The maximum Gasteiger partial charge on any atom is 0.169 e. The maximum absolute atomic E-state index is 3.77. The molecule has 0 aromatic carbocycles. The number of aromatic amines is 4. The number of hydrogen-bond acceptors (Lipinski definition) is 0. The van der Waals surface area contributed by atoms with Gasteiger partial charge in [0.1, 0.15) is 14.1 Å². The van der Waals surface area contributed by atoms with Crippen LogP contribution in [0.2, 0.25) is 0 Å². The van der Waals surface area contributed by atoms with Crippen molar-refractivity contribution in [2.75, 3.05) is 0 Å². The topological polar surface area (TPSA) is 70.9 Å². The summed E-state index contributed by atoms with van der Waals surface area (Å²) in [6.45, 7) is 0. The number of pyridine rings is 2. The minimum atomic E-state index is 1.04. The van der Waals surface area contributed by atoms with Gasteiger partial charge in [0.25, 0.3) is 0 Å². The Kier molecular flexibility index (Phi) is 5.11. The van der Waals surface area contributed by atoms with Crippen molar-refractivity contribution < 1.29 is 9.13 Å². The highest BCUT2D eigenvalue weighted by atomic mass is 14.9. The lowest BCUT2D eigenvalue weighted by molar-refractivity contribution is -0.671. The Balaban J connectivity index is 1.59. The zero-order valence-corrected chi connectivity index (χ0v) is 21.3. The molecule has 6 heteroatoms. The molecule has 8 bridgehead atoms. The fourth-order valence-electron chi connectivity index (χ4n) is 5.15. The van der Waals surface area contributed by atoms with Crippen LogP contribution in [0.1, 0.15) is 33.9 Å². The molecule has 0 saturated carbocycles. The molecule has 1 aliphatic heterocycles. The predicted molar refractivity (Wildman–Crippen MR) is 147 cm³/mol. The van der Waals surface area contributed by atoms with E-state index in [0.29, 0.717) is 0 Å². The second-order valence-electron chi connectivity index (χ2n) is 9.85. The number of H-pyrrole nitrogens is 4. The van der Waals surface area contributed by atoms with Gasteiger partial charge in [0, 0.05) is 79.6 Å². The summed E-state index contributed by atoms with van der Waals surface area (Å²) in [5, 5.41) is 4.19. The first kappa shape index (κ1) is 22.1. The van der Waals surface area contributed by atoms with Crippen molar-refractivity contribution in [2.24, 2.45) is 14.1 Å². The van der Waals surface area contributed by atoms with E-state index in [4.69, 9.17) is 0 Å². The third-order valence-corrected chi connectivity index (χ3v) is 7.07. The molecule has 0 unspecified atom stereocenters. The van der Waals surface area contributed by atoms with Gasteiger partial charge < -0.3 is 19.9 Å². The second-order valence-corrected chi connectivity index (χ2v) is 9.85. The molecule has 0 radical (unpaired) electrons. The summed E-state index contributed by atoms with van der Waals surface area (Å²) in [7, 11) is 4.07. The molecule has 0 fully saturated rings. The van der Waals surface area contributed by atoms with Crippen LogP contribution in [0.4, 0.5) is 0 Å². The molecule has 4 N–H and O–H groups in total. The first-order valence-electron chi connectivity index (χ1n) is 12.7. The zero-order chi connectivity index (χ0) is 25.6. The van der Waals surface area contributed by atoms with Crippen molar-refractivity contribution in [3.8, 4) is 0 Å². The first-order chi connectivity index (χ1) is 18.6. The van der Waals surface area contributed by atoms with E-state index in [2.05, 4.69) is 139 Å². The van der Waals surface area contributed by atoms with Gasteiger partial charge in [0.15, 0.2) is 24.8 Å². The van der Waals surface area contributed by atoms with E-state index in [0.717, 1.165) is 66.4 Å². The molecule has 0 atom stereocenters. The number of rotatable bonds is 2. The molecular weight excluding hydrogens is 468 g/mol. The molecule has 6 aromatic rings. The Bertz CT molecular complexity index is 1880. The molecule has 0 saturated heterocycles. The number of aryl methyl sites for hydroxylation is 2. The summed E-state index contributed by atoms with van der Waals surface area (Å²) >= 11 is 0. The first-order valence-corrected chi connectivity index (χ1v) is 12.7. The monoisotopic (exact) mass is 496 g/mol. The van der Waals surface area contributed by atoms with Crippen molar-refractivity contribution in [1.82, 2.24) is 19.9 Å². The molecule has 7 rings (SSSR count). The second kappa shape index (κ2) is 8.78. The van der Waals surface area contributed by atoms with E-state index in [1.165, 1.54) is 0 Å². The minimum Gasteiger partial charge on any atom is -0.355 e. The summed E-state index contributed by atoms with van der Waals surface area (Å²) in [5.41, 5.74) is 8.70. The fraction of sp³-hybridized carbons (Fsp3) is 0.0625. The summed E-state index contributed by atoms with van der Waals surface area (Å²) in [6, 6.07) is 25.8. The van der Waals surface area contributed by atoms with Crippen molar-refractivity contribution in [3.05, 3.63) is 153 Å². The number of aromatic nitrogens is 6. The van der Waals surface area contributed by atoms with Gasteiger partial charge in [0.05, 0.1) is 0 Å². The zero-order valence-electron chi connectivity index (χ0n) is 21.3. The molecule has 6 aromatic heterocycles. The van der Waals surface area contributed by atoms with Gasteiger partial charge in [0.2, 0.25) is 0 Å². The van der Waals surface area contributed by atoms with Crippen LogP contribution in [0.5, 0.6) is 0 Å². The van der Waals surface area contributed by atoms with Gasteiger partial charge >= 0.3 is 0 Å². The van der Waals surface area contributed by atoms with E-state index in [-0.39, 0.29) is 0 Å². The lowest BCUT2D eigenvalue weighted by Crippen LogP contribution is -2.26. The summed E-state index contributed by atoms with van der Waals surface area (Å²) in [5.74, 6) is 0. The predicted octanol–water partition coefficient (Wildman–Crippen LogP) is 1.11. The number of hydrogen-bond donors (Lipinski definition) is 4. The van der Waals surface area contributed by atoms with Gasteiger partial charge in [-0.2, -0.15) is 0 Å². The maximum atomic E-state index is 3.77.